The summed E-state index contributed by atoms with van der Waals surface area (Å²) in [6.45, 7) is 3.58. The van der Waals surface area contributed by atoms with Crippen LogP contribution in [0, 0.1) is 13.3 Å². The number of unbranched alkanes of at least 4 members (excludes halogenated alkanes) is 1. The van der Waals surface area contributed by atoms with Crippen molar-refractivity contribution < 1.29 is 0 Å². The van der Waals surface area contributed by atoms with E-state index in [9.17, 15) is 0 Å². The second kappa shape index (κ2) is 4.73. The van der Waals surface area contributed by atoms with Crippen LogP contribution in [0.4, 0.5) is 0 Å². The highest BCUT2D eigenvalue weighted by Crippen LogP contribution is 2.09. The highest BCUT2D eigenvalue weighted by atomic mass is 35.5. The molecule has 2 heteroatoms. The second-order valence-corrected chi connectivity index (χ2v) is 2.48. The molecule has 0 amide bonds. The van der Waals surface area contributed by atoms with Crippen LogP contribution >= 0.6 is 23.2 Å². The van der Waals surface area contributed by atoms with Gasteiger partial charge in [-0.25, -0.2) is 0 Å². The molecule has 2 radical (unpaired) electrons. The number of rotatable bonds is 3. The maximum atomic E-state index is 5.36. The van der Waals surface area contributed by atoms with Crippen LogP contribution in [0.15, 0.2) is 0 Å². The van der Waals surface area contributed by atoms with Gasteiger partial charge in [0, 0.05) is 0 Å². The fraction of sp³-hybridized carbons (Fsp3) is 0.600. The molecule has 0 aliphatic heterocycles. The van der Waals surface area contributed by atoms with Crippen molar-refractivity contribution >= 4 is 23.2 Å². The molecule has 0 nitrogen and oxygen atoms in total. The summed E-state index contributed by atoms with van der Waals surface area (Å²) in [5.74, 6) is 0. The summed E-state index contributed by atoms with van der Waals surface area (Å²) >= 11 is 10.7. The largest absolute Gasteiger partial charge is 0.108 e. The van der Waals surface area contributed by atoms with E-state index in [2.05, 4.69) is 6.92 Å². The maximum absolute atomic E-state index is 5.36. The molecule has 0 heterocycles. The number of halogens is 2. The number of hydrogen-bond donors (Lipinski definition) is 0. The molecule has 0 bridgehead atoms. The van der Waals surface area contributed by atoms with Crippen molar-refractivity contribution in [2.45, 2.75) is 17.7 Å². The van der Waals surface area contributed by atoms with Crippen molar-refractivity contribution in [1.29, 1.82) is 0 Å². The molecule has 0 aliphatic rings. The molecular weight excluding hydrogens is 131 g/mol. The molecule has 0 fully saturated rings. The monoisotopic (exact) mass is 138 g/mol. The summed E-state index contributed by atoms with van der Waals surface area (Å²) in [5, 5.41) is 0. The van der Waals surface area contributed by atoms with Crippen molar-refractivity contribution in [2.24, 2.45) is 0 Å². The first-order valence-corrected chi connectivity index (χ1v) is 3.03. The Hall–Kier alpha value is 0.580. The normalized spacial score (nSPS) is 10.3. The van der Waals surface area contributed by atoms with Gasteiger partial charge in [-0.1, -0.05) is 13.3 Å². The molecule has 0 saturated heterocycles. The van der Waals surface area contributed by atoms with E-state index in [4.69, 9.17) is 23.2 Å². The van der Waals surface area contributed by atoms with Gasteiger partial charge in [0.05, 0.1) is 0 Å². The smallest absolute Gasteiger partial charge is 0.105 e. The Kier molecular flexibility index (Phi) is 5.12. The zero-order valence-electron chi connectivity index (χ0n) is 4.03. The second-order valence-electron chi connectivity index (χ2n) is 1.20. The van der Waals surface area contributed by atoms with Crippen molar-refractivity contribution in [1.82, 2.24) is 0 Å². The lowest BCUT2D eigenvalue weighted by Gasteiger charge is -1.93. The van der Waals surface area contributed by atoms with Crippen molar-refractivity contribution in [3.63, 3.8) is 0 Å². The van der Waals surface area contributed by atoms with Gasteiger partial charge in [-0.15, -0.1) is 23.2 Å². The standard InChI is InChI=1S/C5H8Cl2/c1-2-3-4-5(6)7/h3,5H,1-2,4H2. The van der Waals surface area contributed by atoms with E-state index in [1.165, 1.54) is 0 Å². The third-order valence-corrected chi connectivity index (χ3v) is 0.905. The molecule has 0 rings (SSSR count). The van der Waals surface area contributed by atoms with Crippen LogP contribution in [0.5, 0.6) is 0 Å². The molecule has 0 unspecified atom stereocenters. The zero-order chi connectivity index (χ0) is 5.70. The van der Waals surface area contributed by atoms with Crippen LogP contribution in [0.3, 0.4) is 0 Å². The zero-order valence-corrected chi connectivity index (χ0v) is 5.54. The molecule has 0 saturated carbocycles. The summed E-state index contributed by atoms with van der Waals surface area (Å²) < 4.78 is 0. The van der Waals surface area contributed by atoms with Gasteiger partial charge in [0.1, 0.15) is 4.84 Å². The SMILES string of the molecule is [CH2]C[CH]CC(Cl)Cl. The fourth-order valence-electron chi connectivity index (χ4n) is 0.244. The van der Waals surface area contributed by atoms with E-state index < -0.39 is 0 Å². The molecular formula is C5H8Cl2. The van der Waals surface area contributed by atoms with Gasteiger partial charge in [0.25, 0.3) is 0 Å². The Labute approximate surface area is 54.8 Å². The van der Waals surface area contributed by atoms with Crippen molar-refractivity contribution in [3.8, 4) is 0 Å². The Morgan fingerprint density at radius 2 is 2.14 bits per heavy atom. The van der Waals surface area contributed by atoms with Crippen LogP contribution in [-0.4, -0.2) is 4.84 Å². The first kappa shape index (κ1) is 7.58. The van der Waals surface area contributed by atoms with Gasteiger partial charge in [-0.3, -0.25) is 0 Å². The minimum atomic E-state index is -0.248. The minimum absolute atomic E-state index is 0.248. The van der Waals surface area contributed by atoms with Gasteiger partial charge in [0.2, 0.25) is 0 Å². The van der Waals surface area contributed by atoms with E-state index in [0.717, 1.165) is 12.8 Å². The van der Waals surface area contributed by atoms with E-state index in [0.29, 0.717) is 0 Å². The lowest BCUT2D eigenvalue weighted by Crippen LogP contribution is -1.84. The molecule has 0 N–H and O–H groups in total. The first-order chi connectivity index (χ1) is 3.27. The Morgan fingerprint density at radius 1 is 1.57 bits per heavy atom. The average molecular weight is 139 g/mol. The summed E-state index contributed by atoms with van der Waals surface area (Å²) in [4.78, 5) is -0.248. The highest BCUT2D eigenvalue weighted by molar-refractivity contribution is 6.44. The summed E-state index contributed by atoms with van der Waals surface area (Å²) in [7, 11) is 0. The van der Waals surface area contributed by atoms with Crippen LogP contribution in [0.25, 0.3) is 0 Å². The van der Waals surface area contributed by atoms with Crippen molar-refractivity contribution in [3.05, 3.63) is 13.3 Å². The van der Waals surface area contributed by atoms with Crippen LogP contribution in [-0.2, 0) is 0 Å². The minimum Gasteiger partial charge on any atom is -0.105 e. The van der Waals surface area contributed by atoms with Gasteiger partial charge >= 0.3 is 0 Å². The molecule has 0 atom stereocenters. The van der Waals surface area contributed by atoms with Crippen LogP contribution < -0.4 is 0 Å². The molecule has 0 aromatic rings. The lowest BCUT2D eigenvalue weighted by atomic mass is 10.3. The predicted molar refractivity (Wildman–Crippen MR) is 34.4 cm³/mol. The van der Waals surface area contributed by atoms with E-state index in [1.807, 2.05) is 6.42 Å². The molecule has 0 aliphatic carbocycles. The summed E-state index contributed by atoms with van der Waals surface area (Å²) in [5.41, 5.74) is 0. The maximum Gasteiger partial charge on any atom is 0.108 e. The highest BCUT2D eigenvalue weighted by Gasteiger charge is 1.94. The lowest BCUT2D eigenvalue weighted by molar-refractivity contribution is 0.992. The average Bonchev–Trinajstić information content (AvgIpc) is 1.61. The molecule has 7 heavy (non-hydrogen) atoms. The van der Waals surface area contributed by atoms with E-state index >= 15 is 0 Å². The summed E-state index contributed by atoms with van der Waals surface area (Å²) in [6, 6.07) is 0. The number of alkyl halides is 2. The summed E-state index contributed by atoms with van der Waals surface area (Å²) in [6.07, 6.45) is 3.49. The third kappa shape index (κ3) is 6.58. The van der Waals surface area contributed by atoms with Crippen molar-refractivity contribution in [2.75, 3.05) is 0 Å². The topological polar surface area (TPSA) is 0 Å². The molecule has 0 aromatic carbocycles. The fourth-order valence-corrected chi connectivity index (χ4v) is 0.496. The molecule has 42 valence electrons. The van der Waals surface area contributed by atoms with Crippen LogP contribution in [0.2, 0.25) is 0 Å². The van der Waals surface area contributed by atoms with Crippen LogP contribution in [0.1, 0.15) is 12.8 Å². The third-order valence-electron chi connectivity index (χ3n) is 0.549. The predicted octanol–water partition coefficient (Wildman–Crippen LogP) is 2.61. The quantitative estimate of drug-likeness (QED) is 0.527. The van der Waals surface area contributed by atoms with Gasteiger partial charge in [0.15, 0.2) is 0 Å². The van der Waals surface area contributed by atoms with E-state index in [1.54, 1.807) is 0 Å². The first-order valence-electron chi connectivity index (χ1n) is 2.16. The Morgan fingerprint density at radius 3 is 2.29 bits per heavy atom. The van der Waals surface area contributed by atoms with Gasteiger partial charge in [-0.2, -0.15) is 0 Å². The molecule has 0 spiro atoms. The number of hydrogen-bond acceptors (Lipinski definition) is 0. The van der Waals surface area contributed by atoms with Gasteiger partial charge in [-0.05, 0) is 12.8 Å². The molecule has 0 aromatic heterocycles. The van der Waals surface area contributed by atoms with E-state index in [-0.39, 0.29) is 4.84 Å². The van der Waals surface area contributed by atoms with Gasteiger partial charge < -0.3 is 0 Å². The Bertz CT molecular complexity index is 35.1. The Balaban J connectivity index is 2.68.